The molecule has 1 aliphatic heterocycles. The van der Waals surface area contributed by atoms with Gasteiger partial charge in [0, 0.05) is 0 Å². The Labute approximate surface area is 140 Å². The summed E-state index contributed by atoms with van der Waals surface area (Å²) in [5.74, 6) is -2.02. The van der Waals surface area contributed by atoms with Crippen molar-refractivity contribution in [1.29, 1.82) is 0 Å². The van der Waals surface area contributed by atoms with E-state index >= 15 is 0 Å². The van der Waals surface area contributed by atoms with Crippen LogP contribution in [0.25, 0.3) is 0 Å². The number of benzene rings is 1. The molecule has 1 aromatic carbocycles. The number of carboxylic acids is 1. The molecule has 0 aromatic heterocycles. The number of imide groups is 1. The van der Waals surface area contributed by atoms with Crippen LogP contribution in [0.4, 0.5) is 5.69 Å². The second-order valence-corrected chi connectivity index (χ2v) is 7.63. The number of rotatable bonds is 5. The molecule has 1 aliphatic rings. The van der Waals surface area contributed by atoms with Crippen LogP contribution in [0.15, 0.2) is 18.2 Å². The fraction of sp³-hybridized carbons (Fsp3) is 0.231. The Morgan fingerprint density at radius 3 is 2.38 bits per heavy atom. The van der Waals surface area contributed by atoms with Crippen molar-refractivity contribution in [2.75, 3.05) is 9.33 Å². The number of amides is 2. The molecule has 21 heavy (non-hydrogen) atoms. The molecule has 1 fully saturated rings. The molecule has 1 radical (unpaired) electrons. The first kappa shape index (κ1) is 16.2. The van der Waals surface area contributed by atoms with Gasteiger partial charge >= 0.3 is 141 Å². The first-order valence-electron chi connectivity index (χ1n) is 5.97. The maximum absolute atomic E-state index is 11.8. The van der Waals surface area contributed by atoms with Gasteiger partial charge in [0.15, 0.2) is 0 Å². The molecular formula is C13H10AsINO5. The molecule has 0 aliphatic carbocycles. The zero-order valence-corrected chi connectivity index (χ0v) is 14.7. The number of halogens is 1. The third-order valence-corrected chi connectivity index (χ3v) is 6.86. The molecule has 0 atom stereocenters. The summed E-state index contributed by atoms with van der Waals surface area (Å²) in [7, 11) is 0. The Hall–Kier alpha value is -1.21. The molecule has 8 heteroatoms. The number of carbonyl (C=O) groups excluding carboxylic acids is 3. The summed E-state index contributed by atoms with van der Waals surface area (Å²) >= 11 is 1.21. The second kappa shape index (κ2) is 6.70. The minimum atomic E-state index is -1.21. The van der Waals surface area contributed by atoms with E-state index in [1.807, 2.05) is 22.6 Å². The van der Waals surface area contributed by atoms with Crippen molar-refractivity contribution in [3.05, 3.63) is 23.8 Å². The van der Waals surface area contributed by atoms with Crippen LogP contribution in [0, 0.1) is 0 Å². The molecule has 0 bridgehead atoms. The van der Waals surface area contributed by atoms with Crippen LogP contribution in [-0.4, -0.2) is 47.6 Å². The summed E-state index contributed by atoms with van der Waals surface area (Å²) in [4.78, 5) is 47.3. The van der Waals surface area contributed by atoms with Crippen molar-refractivity contribution in [1.82, 2.24) is 0 Å². The van der Waals surface area contributed by atoms with E-state index in [1.165, 1.54) is 12.1 Å². The van der Waals surface area contributed by atoms with Gasteiger partial charge in [-0.15, -0.1) is 0 Å². The normalized spacial score (nSPS) is 15.2. The van der Waals surface area contributed by atoms with Gasteiger partial charge < -0.3 is 0 Å². The van der Waals surface area contributed by atoms with Gasteiger partial charge in [0.25, 0.3) is 0 Å². The maximum atomic E-state index is 11.8. The van der Waals surface area contributed by atoms with E-state index in [4.69, 9.17) is 0 Å². The van der Waals surface area contributed by atoms with Crippen molar-refractivity contribution < 1.29 is 24.3 Å². The quantitative estimate of drug-likeness (QED) is 0.295. The molecule has 0 spiro atoms. The van der Waals surface area contributed by atoms with Crippen LogP contribution < -0.4 is 9.25 Å². The molecule has 6 nitrogen and oxygen atoms in total. The zero-order chi connectivity index (χ0) is 15.6. The third-order valence-electron chi connectivity index (χ3n) is 2.87. The van der Waals surface area contributed by atoms with Gasteiger partial charge in [-0.25, -0.2) is 0 Å². The van der Waals surface area contributed by atoms with E-state index in [1.54, 1.807) is 6.07 Å². The predicted octanol–water partition coefficient (Wildman–Crippen LogP) is 0.329. The number of carboxylic acid groups (broad SMARTS) is 1. The first-order valence-corrected chi connectivity index (χ1v) is 9.38. The molecule has 0 unspecified atom stereocenters. The zero-order valence-electron chi connectivity index (χ0n) is 10.7. The van der Waals surface area contributed by atoms with Gasteiger partial charge in [-0.2, -0.15) is 0 Å². The van der Waals surface area contributed by atoms with E-state index in [2.05, 4.69) is 0 Å². The molecule has 1 aromatic rings. The third kappa shape index (κ3) is 3.52. The average molecular weight is 462 g/mol. The predicted molar refractivity (Wildman–Crippen MR) is 84.4 cm³/mol. The molecule has 1 N–H and O–H groups in total. The molecule has 109 valence electrons. The van der Waals surface area contributed by atoms with Crippen molar-refractivity contribution in [3.63, 3.8) is 0 Å². The molecule has 2 rings (SSSR count). The number of nitrogens with zero attached hydrogens (tertiary/aromatic N) is 1. The summed E-state index contributed by atoms with van der Waals surface area (Å²) in [6.45, 7) is 0. The van der Waals surface area contributed by atoms with Gasteiger partial charge in [-0.3, -0.25) is 0 Å². The van der Waals surface area contributed by atoms with Crippen LogP contribution in [0.5, 0.6) is 0 Å². The summed E-state index contributed by atoms with van der Waals surface area (Å²) in [5, 5.41) is 9.21. The molecule has 1 saturated heterocycles. The van der Waals surface area contributed by atoms with Gasteiger partial charge in [0.2, 0.25) is 0 Å². The van der Waals surface area contributed by atoms with Crippen LogP contribution in [0.1, 0.15) is 23.2 Å². The SMILES string of the molecule is O=C(CI)[As]c1ccc(C(=O)O)c(N2C(=O)CCC2=O)c1. The number of carbonyl (C=O) groups is 4. The first-order chi connectivity index (χ1) is 9.93. The van der Waals surface area contributed by atoms with Crippen LogP contribution in [-0.2, 0) is 14.4 Å². The summed E-state index contributed by atoms with van der Waals surface area (Å²) in [6, 6.07) is 4.40. The van der Waals surface area contributed by atoms with Crippen molar-refractivity contribution >= 4 is 70.7 Å². The molecule has 0 saturated carbocycles. The van der Waals surface area contributed by atoms with Gasteiger partial charge in [-0.1, -0.05) is 0 Å². The fourth-order valence-electron chi connectivity index (χ4n) is 1.97. The second-order valence-electron chi connectivity index (χ2n) is 4.27. The van der Waals surface area contributed by atoms with Crippen LogP contribution in [0.2, 0.25) is 0 Å². The van der Waals surface area contributed by atoms with Crippen molar-refractivity contribution in [3.8, 4) is 0 Å². The number of hydrogen-bond acceptors (Lipinski definition) is 4. The Bertz CT molecular complexity index is 629. The summed E-state index contributed by atoms with van der Waals surface area (Å²) in [5.41, 5.74) is -0.0328. The summed E-state index contributed by atoms with van der Waals surface area (Å²) < 4.78 is 1.15. The Morgan fingerprint density at radius 1 is 1.24 bits per heavy atom. The van der Waals surface area contributed by atoms with Crippen molar-refractivity contribution in [2.24, 2.45) is 0 Å². The number of hydrogen-bond donors (Lipinski definition) is 1. The Kier molecular flexibility index (Phi) is 5.16. The van der Waals surface area contributed by atoms with Crippen LogP contribution in [0.3, 0.4) is 0 Å². The van der Waals surface area contributed by atoms with Crippen LogP contribution >= 0.6 is 22.6 Å². The monoisotopic (exact) mass is 462 g/mol. The summed E-state index contributed by atoms with van der Waals surface area (Å²) in [6.07, 6.45) is 0.172. The van der Waals surface area contributed by atoms with Crippen molar-refractivity contribution in [2.45, 2.75) is 12.8 Å². The molecular weight excluding hydrogens is 452 g/mol. The van der Waals surface area contributed by atoms with Gasteiger partial charge in [0.05, 0.1) is 0 Å². The van der Waals surface area contributed by atoms with E-state index in [9.17, 15) is 24.3 Å². The van der Waals surface area contributed by atoms with E-state index in [-0.39, 0.29) is 28.7 Å². The average Bonchev–Trinajstić information content (AvgIpc) is 2.77. The molecule has 1 heterocycles. The standard InChI is InChI=1S/C13H10AsINO5/c15-6-10(17)14-7-1-2-8(13(20)21)9(5-7)16-11(18)3-4-12(16)19/h1-2,5H,3-4,6H2,(H,20,21). The van der Waals surface area contributed by atoms with E-state index in [0.717, 1.165) is 4.90 Å². The van der Waals surface area contributed by atoms with Gasteiger partial charge in [-0.05, 0) is 0 Å². The minimum absolute atomic E-state index is 0.0732. The Balaban J connectivity index is 2.47. The topological polar surface area (TPSA) is 91.8 Å². The number of anilines is 1. The number of aromatic carboxylic acids is 1. The van der Waals surface area contributed by atoms with E-state index < -0.39 is 33.5 Å². The molecule has 2 amide bonds. The van der Waals surface area contributed by atoms with Gasteiger partial charge in [0.1, 0.15) is 0 Å². The fourth-order valence-corrected chi connectivity index (χ4v) is 4.30. The number of alkyl halides is 1. The Morgan fingerprint density at radius 2 is 1.86 bits per heavy atom. The van der Waals surface area contributed by atoms with E-state index in [0.29, 0.717) is 8.78 Å².